The van der Waals surface area contributed by atoms with Crippen molar-refractivity contribution in [3.63, 3.8) is 0 Å². The van der Waals surface area contributed by atoms with E-state index in [1.807, 2.05) is 36.4 Å². The third-order valence-electron chi connectivity index (χ3n) is 10.8. The summed E-state index contributed by atoms with van der Waals surface area (Å²) in [6.07, 6.45) is 0. The molecule has 0 bridgehead atoms. The van der Waals surface area contributed by atoms with Crippen molar-refractivity contribution in [1.29, 1.82) is 0 Å². The van der Waals surface area contributed by atoms with Gasteiger partial charge < -0.3 is 9.47 Å². The van der Waals surface area contributed by atoms with Gasteiger partial charge in [-0.15, -0.1) is 0 Å². The molecule has 0 spiro atoms. The van der Waals surface area contributed by atoms with Crippen molar-refractivity contribution in [2.45, 2.75) is 0 Å². The summed E-state index contributed by atoms with van der Waals surface area (Å²) in [7, 11) is 0. The molecule has 0 fully saturated rings. The Kier molecular flexibility index (Phi) is 9.19. The Morgan fingerprint density at radius 2 is 0.917 bits per heavy atom. The van der Waals surface area contributed by atoms with Crippen LogP contribution in [0.4, 0.5) is 28.4 Å². The molecule has 10 rings (SSSR count). The first-order valence-corrected chi connectivity index (χ1v) is 19.6. The topological polar surface area (TPSA) is 42.7 Å². The summed E-state index contributed by atoms with van der Waals surface area (Å²) < 4.78 is 2.35. The van der Waals surface area contributed by atoms with Crippen LogP contribution in [0.2, 0.25) is 0 Å². The third kappa shape index (κ3) is 6.71. The van der Waals surface area contributed by atoms with Gasteiger partial charge in [-0.05, 0) is 95.6 Å². The highest BCUT2D eigenvalue weighted by atomic mass is 15.1. The summed E-state index contributed by atoms with van der Waals surface area (Å²) in [6.45, 7) is 15.1. The number of nitrogens with zero attached hydrogens (tertiary/aromatic N) is 6. The van der Waals surface area contributed by atoms with Crippen molar-refractivity contribution in [1.82, 2.24) is 14.5 Å². The maximum absolute atomic E-state index is 7.54. The normalized spacial score (nSPS) is 11.0. The lowest BCUT2D eigenvalue weighted by Gasteiger charge is -2.25. The van der Waals surface area contributed by atoms with Gasteiger partial charge in [-0.1, -0.05) is 127 Å². The quantitative estimate of drug-likeness (QED) is 0.145. The molecule has 60 heavy (non-hydrogen) atoms. The minimum Gasteiger partial charge on any atom is -0.310 e. The van der Waals surface area contributed by atoms with E-state index >= 15 is 0 Å². The molecule has 280 valence electrons. The molecule has 0 unspecified atom stereocenters. The first-order chi connectivity index (χ1) is 29.6. The molecule has 0 N–H and O–H groups in total. The zero-order valence-electron chi connectivity index (χ0n) is 32.3. The Balaban J connectivity index is 0.994. The van der Waals surface area contributed by atoms with Crippen molar-refractivity contribution < 1.29 is 0 Å². The summed E-state index contributed by atoms with van der Waals surface area (Å²) in [6, 6.07) is 70.3. The van der Waals surface area contributed by atoms with E-state index in [2.05, 4.69) is 171 Å². The number of rotatable bonds is 8. The van der Waals surface area contributed by atoms with Crippen LogP contribution >= 0.6 is 0 Å². The minimum atomic E-state index is 0.520. The van der Waals surface area contributed by atoms with Crippen LogP contribution in [0.3, 0.4) is 0 Å². The van der Waals surface area contributed by atoms with E-state index in [0.717, 1.165) is 67.3 Å². The van der Waals surface area contributed by atoms with Crippen molar-refractivity contribution in [3.8, 4) is 50.7 Å². The number of fused-ring (bicyclic) bond motifs is 3. The second kappa shape index (κ2) is 15.4. The third-order valence-corrected chi connectivity index (χ3v) is 10.8. The maximum Gasteiger partial charge on any atom is 0.187 e. The molecule has 0 saturated carbocycles. The van der Waals surface area contributed by atoms with Crippen molar-refractivity contribution >= 4 is 50.2 Å². The van der Waals surface area contributed by atoms with Crippen molar-refractivity contribution in [2.75, 3.05) is 4.90 Å². The van der Waals surface area contributed by atoms with E-state index in [9.17, 15) is 0 Å². The van der Waals surface area contributed by atoms with Crippen LogP contribution < -0.4 is 4.90 Å². The summed E-state index contributed by atoms with van der Waals surface area (Å²) in [4.78, 5) is 19.4. The minimum absolute atomic E-state index is 0.520. The Morgan fingerprint density at radius 1 is 0.383 bits per heavy atom. The second-order valence-electron chi connectivity index (χ2n) is 14.5. The van der Waals surface area contributed by atoms with Crippen molar-refractivity contribution in [3.05, 3.63) is 229 Å². The first kappa shape index (κ1) is 35.8. The number of anilines is 3. The number of benzene rings is 8. The molecule has 6 nitrogen and oxygen atoms in total. The molecular weight excluding hydrogens is 733 g/mol. The molecule has 2 heterocycles. The largest absolute Gasteiger partial charge is 0.310 e. The van der Waals surface area contributed by atoms with Crippen LogP contribution in [0.5, 0.6) is 0 Å². The molecule has 2 aromatic heterocycles. The molecule has 0 aliphatic rings. The van der Waals surface area contributed by atoms with Gasteiger partial charge in [-0.25, -0.2) is 19.7 Å². The maximum atomic E-state index is 7.54. The predicted molar refractivity (Wildman–Crippen MR) is 245 cm³/mol. The Labute approximate surface area is 348 Å². The molecule has 0 aliphatic carbocycles. The molecule has 0 atom stereocenters. The lowest BCUT2D eigenvalue weighted by molar-refractivity contribution is 1.18. The number of hydrogen-bond donors (Lipinski definition) is 0. The lowest BCUT2D eigenvalue weighted by atomic mass is 10.0. The van der Waals surface area contributed by atoms with E-state index in [1.54, 1.807) is 18.2 Å². The molecule has 8 aromatic carbocycles. The fraction of sp³-hybridized carbons (Fsp3) is 0. The number of aromatic nitrogens is 3. The van der Waals surface area contributed by atoms with Crippen molar-refractivity contribution in [2.24, 2.45) is 0 Å². The Morgan fingerprint density at radius 3 is 1.57 bits per heavy atom. The Hall–Kier alpha value is -8.58. The molecule has 10 aromatic rings. The van der Waals surface area contributed by atoms with Crippen LogP contribution in [-0.4, -0.2) is 14.5 Å². The predicted octanol–water partition coefficient (Wildman–Crippen LogP) is 14.8. The summed E-state index contributed by atoms with van der Waals surface area (Å²) >= 11 is 0. The summed E-state index contributed by atoms with van der Waals surface area (Å²) in [5, 5.41) is 2.39. The van der Waals surface area contributed by atoms with Gasteiger partial charge in [-0.3, -0.25) is 0 Å². The molecule has 0 radical (unpaired) electrons. The molecule has 0 saturated heterocycles. The molecule has 0 aliphatic heterocycles. The average molecular weight is 767 g/mol. The van der Waals surface area contributed by atoms with E-state index < -0.39 is 0 Å². The van der Waals surface area contributed by atoms with Crippen LogP contribution in [0.25, 0.3) is 82.2 Å². The highest BCUT2D eigenvalue weighted by molar-refractivity contribution is 6.10. The van der Waals surface area contributed by atoms with Gasteiger partial charge in [0, 0.05) is 44.6 Å². The first-order valence-electron chi connectivity index (χ1n) is 19.6. The van der Waals surface area contributed by atoms with Gasteiger partial charge in [-0.2, -0.15) is 0 Å². The standard InChI is InChI=1S/C54H34N6/c1-55-42-15-11-13-40(33-42)51-36-50(57-54(58-51)41-14-12-16-43(34-41)56-2)39-25-23-37(24-26-39)38-27-29-46(30-28-38)60-52-22-10-9-21-48(52)49-35-47(31-32-53(49)60)59(44-17-5-3-6-18-44)45-19-7-4-8-20-45/h3-36H. The lowest BCUT2D eigenvalue weighted by Crippen LogP contribution is -2.09. The van der Waals surface area contributed by atoms with Crippen LogP contribution in [0.15, 0.2) is 206 Å². The summed E-state index contributed by atoms with van der Waals surface area (Å²) in [5.74, 6) is 0.520. The van der Waals surface area contributed by atoms with Gasteiger partial charge >= 0.3 is 0 Å². The summed E-state index contributed by atoms with van der Waals surface area (Å²) in [5.41, 5.74) is 13.9. The zero-order chi connectivity index (χ0) is 40.4. The van der Waals surface area contributed by atoms with Gasteiger partial charge in [0.15, 0.2) is 17.2 Å². The van der Waals surface area contributed by atoms with Crippen LogP contribution in [-0.2, 0) is 0 Å². The Bertz CT molecular complexity index is 3150. The van der Waals surface area contributed by atoms with E-state index in [1.165, 1.54) is 10.8 Å². The molecular formula is C54H34N6. The van der Waals surface area contributed by atoms with Gasteiger partial charge in [0.05, 0.1) is 35.6 Å². The van der Waals surface area contributed by atoms with E-state index in [4.69, 9.17) is 23.1 Å². The van der Waals surface area contributed by atoms with Gasteiger partial charge in [0.2, 0.25) is 0 Å². The molecule has 6 heteroatoms. The molecule has 0 amide bonds. The van der Waals surface area contributed by atoms with Gasteiger partial charge in [0.25, 0.3) is 0 Å². The van der Waals surface area contributed by atoms with Crippen LogP contribution in [0.1, 0.15) is 0 Å². The van der Waals surface area contributed by atoms with E-state index in [0.29, 0.717) is 22.9 Å². The highest BCUT2D eigenvalue weighted by Crippen LogP contribution is 2.40. The van der Waals surface area contributed by atoms with Crippen LogP contribution in [0, 0.1) is 13.1 Å². The number of para-hydroxylation sites is 3. The highest BCUT2D eigenvalue weighted by Gasteiger charge is 2.18. The average Bonchev–Trinajstić information content (AvgIpc) is 3.66. The van der Waals surface area contributed by atoms with E-state index in [-0.39, 0.29) is 0 Å². The fourth-order valence-electron chi connectivity index (χ4n) is 7.94. The SMILES string of the molecule is [C-]#[N+]c1cccc(-c2cc(-c3ccc(-c4ccc(-n5c6ccccc6c6cc(N(c7ccccc7)c7ccccc7)ccc65)cc4)cc3)nc(-c3cccc([N+]#[C-])c3)n2)c1. The second-order valence-corrected chi connectivity index (χ2v) is 14.5. The van der Waals surface area contributed by atoms with Gasteiger partial charge in [0.1, 0.15) is 0 Å². The zero-order valence-corrected chi connectivity index (χ0v) is 32.3. The smallest absolute Gasteiger partial charge is 0.187 e. The number of hydrogen-bond acceptors (Lipinski definition) is 3. The monoisotopic (exact) mass is 766 g/mol. The fourth-order valence-corrected chi connectivity index (χ4v) is 7.94.